The van der Waals surface area contributed by atoms with Crippen LogP contribution in [0.4, 0.5) is 0 Å². The molecule has 5 nitrogen and oxygen atoms in total. The van der Waals surface area contributed by atoms with E-state index >= 15 is 0 Å². The van der Waals surface area contributed by atoms with Crippen LogP contribution in [0.3, 0.4) is 0 Å². The summed E-state index contributed by atoms with van der Waals surface area (Å²) in [5.74, 6) is -1.44. The molecule has 0 amide bonds. The Morgan fingerprint density at radius 1 is 1.12 bits per heavy atom. The number of hydrogen-bond donors (Lipinski definition) is 1. The molecule has 0 radical (unpaired) electrons. The zero-order chi connectivity index (χ0) is 17.8. The molecule has 0 aliphatic heterocycles. The molecule has 0 fully saturated rings. The average molecular weight is 336 g/mol. The molecule has 0 aromatic carbocycles. The van der Waals surface area contributed by atoms with Gasteiger partial charge in [0.25, 0.3) is 0 Å². The van der Waals surface area contributed by atoms with E-state index in [1.807, 2.05) is 0 Å². The second-order valence-corrected chi connectivity index (χ2v) is 6.04. The van der Waals surface area contributed by atoms with Crippen LogP contribution in [-0.4, -0.2) is 23.1 Å². The van der Waals surface area contributed by atoms with E-state index in [-0.39, 0.29) is 5.57 Å². The predicted octanol–water partition coefficient (Wildman–Crippen LogP) is 4.50. The molecular weight excluding hydrogens is 308 g/mol. The first-order valence-electron chi connectivity index (χ1n) is 8.72. The summed E-state index contributed by atoms with van der Waals surface area (Å²) < 4.78 is 0. The van der Waals surface area contributed by atoms with Crippen molar-refractivity contribution >= 4 is 11.9 Å². The van der Waals surface area contributed by atoms with E-state index in [0.717, 1.165) is 19.3 Å². The van der Waals surface area contributed by atoms with Crippen molar-refractivity contribution in [3.8, 4) is 0 Å². The van der Waals surface area contributed by atoms with Crippen molar-refractivity contribution < 1.29 is 24.5 Å². The van der Waals surface area contributed by atoms with Crippen LogP contribution in [0.1, 0.15) is 64.7 Å². The van der Waals surface area contributed by atoms with Crippen molar-refractivity contribution in [3.63, 3.8) is 0 Å². The molecule has 1 rings (SSSR count). The SMILES string of the molecule is C=C1C=C(C(=O)O)C=CC1OOC(=O)CCCCCCCCCC. The van der Waals surface area contributed by atoms with E-state index in [1.54, 1.807) is 0 Å². The zero-order valence-electron chi connectivity index (χ0n) is 14.5. The first-order chi connectivity index (χ1) is 11.5. The van der Waals surface area contributed by atoms with Gasteiger partial charge >= 0.3 is 11.9 Å². The third kappa shape index (κ3) is 8.11. The van der Waals surface area contributed by atoms with E-state index in [2.05, 4.69) is 13.5 Å². The largest absolute Gasteiger partial charge is 0.478 e. The first kappa shape index (κ1) is 20.2. The average Bonchev–Trinajstić information content (AvgIpc) is 2.56. The van der Waals surface area contributed by atoms with Crippen LogP contribution in [0.5, 0.6) is 0 Å². The van der Waals surface area contributed by atoms with Gasteiger partial charge in [-0.2, -0.15) is 4.89 Å². The van der Waals surface area contributed by atoms with Crippen LogP contribution in [-0.2, 0) is 19.4 Å². The molecule has 0 spiro atoms. The van der Waals surface area contributed by atoms with Gasteiger partial charge in [0.15, 0.2) is 0 Å². The van der Waals surface area contributed by atoms with Crippen LogP contribution < -0.4 is 0 Å². The van der Waals surface area contributed by atoms with Gasteiger partial charge in [0.2, 0.25) is 0 Å². The van der Waals surface area contributed by atoms with Gasteiger partial charge in [-0.3, -0.25) is 4.89 Å². The van der Waals surface area contributed by atoms with Crippen LogP contribution >= 0.6 is 0 Å². The van der Waals surface area contributed by atoms with Crippen LogP contribution in [0.15, 0.2) is 36.0 Å². The number of unbranched alkanes of at least 4 members (excludes halogenated alkanes) is 7. The smallest absolute Gasteiger partial charge is 0.342 e. The maximum Gasteiger partial charge on any atom is 0.342 e. The summed E-state index contributed by atoms with van der Waals surface area (Å²) in [6.07, 6.45) is 13.3. The Morgan fingerprint density at radius 3 is 2.33 bits per heavy atom. The Kier molecular flexibility index (Phi) is 9.77. The molecule has 1 N–H and O–H groups in total. The topological polar surface area (TPSA) is 72.8 Å². The maximum absolute atomic E-state index is 11.6. The Balaban J connectivity index is 2.09. The fourth-order valence-electron chi connectivity index (χ4n) is 2.42. The van der Waals surface area contributed by atoms with Crippen LogP contribution in [0.25, 0.3) is 0 Å². The second-order valence-electron chi connectivity index (χ2n) is 6.04. The Hall–Kier alpha value is -1.88. The highest BCUT2D eigenvalue weighted by atomic mass is 17.2. The number of carbonyl (C=O) groups excluding carboxylic acids is 1. The standard InChI is InChI=1S/C19H28O5/c1-3-4-5-6-7-8-9-10-11-18(20)24-23-17-13-12-16(19(21)22)14-15(17)2/h12-14,17H,2-11H2,1H3,(H,21,22). The monoisotopic (exact) mass is 336 g/mol. The molecule has 0 saturated heterocycles. The summed E-state index contributed by atoms with van der Waals surface area (Å²) >= 11 is 0. The summed E-state index contributed by atoms with van der Waals surface area (Å²) in [5.41, 5.74) is 0.569. The van der Waals surface area contributed by atoms with E-state index in [1.165, 1.54) is 50.3 Å². The van der Waals surface area contributed by atoms with Gasteiger partial charge in [-0.1, -0.05) is 58.4 Å². The van der Waals surface area contributed by atoms with E-state index < -0.39 is 18.0 Å². The lowest BCUT2D eigenvalue weighted by atomic mass is 10.0. The summed E-state index contributed by atoms with van der Waals surface area (Å²) in [4.78, 5) is 32.3. The van der Waals surface area contributed by atoms with Crippen molar-refractivity contribution in [1.29, 1.82) is 0 Å². The minimum absolute atomic E-state index is 0.130. The van der Waals surface area contributed by atoms with Crippen LogP contribution in [0, 0.1) is 0 Å². The van der Waals surface area contributed by atoms with Crippen molar-refractivity contribution in [2.24, 2.45) is 0 Å². The van der Waals surface area contributed by atoms with Crippen molar-refractivity contribution in [2.75, 3.05) is 0 Å². The number of carbonyl (C=O) groups is 2. The molecule has 0 aromatic rings. The minimum Gasteiger partial charge on any atom is -0.478 e. The van der Waals surface area contributed by atoms with Crippen molar-refractivity contribution in [1.82, 2.24) is 0 Å². The predicted molar refractivity (Wildman–Crippen MR) is 92.2 cm³/mol. The van der Waals surface area contributed by atoms with Gasteiger partial charge in [-0.15, -0.1) is 0 Å². The number of hydrogen-bond acceptors (Lipinski definition) is 4. The Bertz CT molecular complexity index is 490. The quantitative estimate of drug-likeness (QED) is 0.323. The lowest BCUT2D eigenvalue weighted by molar-refractivity contribution is -0.282. The fraction of sp³-hybridized carbons (Fsp3) is 0.579. The molecule has 0 saturated carbocycles. The second kappa shape index (κ2) is 11.6. The minimum atomic E-state index is -1.03. The highest BCUT2D eigenvalue weighted by Gasteiger charge is 2.18. The molecule has 0 aromatic heterocycles. The van der Waals surface area contributed by atoms with Crippen molar-refractivity contribution in [2.45, 2.75) is 70.8 Å². The van der Waals surface area contributed by atoms with Gasteiger partial charge < -0.3 is 5.11 Å². The lowest BCUT2D eigenvalue weighted by Crippen LogP contribution is -2.18. The lowest BCUT2D eigenvalue weighted by Gasteiger charge is -2.16. The van der Waals surface area contributed by atoms with Gasteiger partial charge in [0, 0.05) is 6.42 Å². The number of carboxylic acids is 1. The summed E-state index contributed by atoms with van der Waals surface area (Å²) in [6, 6.07) is 0. The van der Waals surface area contributed by atoms with Gasteiger partial charge in [0.1, 0.15) is 6.10 Å². The molecule has 1 aliphatic carbocycles. The van der Waals surface area contributed by atoms with Gasteiger partial charge in [-0.05, 0) is 30.2 Å². The third-order valence-electron chi connectivity index (χ3n) is 3.88. The van der Waals surface area contributed by atoms with E-state index in [0.29, 0.717) is 12.0 Å². The fourth-order valence-corrected chi connectivity index (χ4v) is 2.42. The Morgan fingerprint density at radius 2 is 1.75 bits per heavy atom. The van der Waals surface area contributed by atoms with E-state index in [4.69, 9.17) is 14.9 Å². The molecule has 24 heavy (non-hydrogen) atoms. The van der Waals surface area contributed by atoms with E-state index in [9.17, 15) is 9.59 Å². The van der Waals surface area contributed by atoms with Gasteiger partial charge in [0.05, 0.1) is 5.57 Å². The van der Waals surface area contributed by atoms with Gasteiger partial charge in [-0.25, -0.2) is 9.59 Å². The highest BCUT2D eigenvalue weighted by Crippen LogP contribution is 2.18. The number of carboxylic acid groups (broad SMARTS) is 1. The molecule has 0 bridgehead atoms. The molecule has 0 heterocycles. The molecule has 5 heteroatoms. The summed E-state index contributed by atoms with van der Waals surface area (Å²) in [7, 11) is 0. The molecule has 1 aliphatic rings. The normalized spacial score (nSPS) is 16.8. The molecule has 134 valence electrons. The third-order valence-corrected chi connectivity index (χ3v) is 3.88. The highest BCUT2D eigenvalue weighted by molar-refractivity contribution is 5.91. The maximum atomic E-state index is 11.6. The van der Waals surface area contributed by atoms with Crippen molar-refractivity contribution in [3.05, 3.63) is 36.0 Å². The Labute approximate surface area is 144 Å². The van der Waals surface area contributed by atoms with Crippen LogP contribution in [0.2, 0.25) is 0 Å². The molecule has 1 atom stereocenters. The summed E-state index contributed by atoms with van der Waals surface area (Å²) in [5, 5.41) is 8.87. The number of rotatable bonds is 12. The molecule has 1 unspecified atom stereocenters. The first-order valence-corrected chi connectivity index (χ1v) is 8.72. The molecular formula is C19H28O5. The summed E-state index contributed by atoms with van der Waals surface area (Å²) in [6.45, 7) is 5.92. The number of aliphatic carboxylic acids is 1. The zero-order valence-corrected chi connectivity index (χ0v) is 14.5.